The van der Waals surface area contributed by atoms with Crippen LogP contribution in [0.15, 0.2) is 0 Å². The van der Waals surface area contributed by atoms with Crippen LogP contribution in [-0.2, 0) is 4.79 Å². The molecule has 20 heavy (non-hydrogen) atoms. The van der Waals surface area contributed by atoms with Crippen molar-refractivity contribution in [2.75, 3.05) is 6.54 Å². The van der Waals surface area contributed by atoms with Gasteiger partial charge in [0.25, 0.3) is 0 Å². The molecule has 0 bridgehead atoms. The summed E-state index contributed by atoms with van der Waals surface area (Å²) in [4.78, 5) is 14.9. The minimum Gasteiger partial charge on any atom is -0.339 e. The first-order valence-electron chi connectivity index (χ1n) is 8.65. The number of hydrogen-bond acceptors (Lipinski definition) is 2. The second-order valence-electron chi connectivity index (χ2n) is 7.09. The molecule has 0 spiro atoms. The van der Waals surface area contributed by atoms with Gasteiger partial charge >= 0.3 is 0 Å². The van der Waals surface area contributed by atoms with Crippen LogP contribution in [0, 0.1) is 11.8 Å². The molecule has 3 unspecified atom stereocenters. The SMILES string of the molecule is CC(N)CCCC(C)C(=O)N1CCCC1C1CCCC1. The van der Waals surface area contributed by atoms with Gasteiger partial charge in [-0.25, -0.2) is 0 Å². The Balaban J connectivity index is 1.83. The molecule has 3 atom stereocenters. The molecule has 0 aromatic heterocycles. The highest BCUT2D eigenvalue weighted by Crippen LogP contribution is 2.36. The van der Waals surface area contributed by atoms with Crippen molar-refractivity contribution in [1.29, 1.82) is 0 Å². The van der Waals surface area contributed by atoms with E-state index in [4.69, 9.17) is 5.73 Å². The Morgan fingerprint density at radius 1 is 1.15 bits per heavy atom. The van der Waals surface area contributed by atoms with E-state index in [-0.39, 0.29) is 12.0 Å². The summed E-state index contributed by atoms with van der Waals surface area (Å²) in [5, 5.41) is 0. The van der Waals surface area contributed by atoms with Crippen molar-refractivity contribution in [3.8, 4) is 0 Å². The van der Waals surface area contributed by atoms with Gasteiger partial charge in [-0.1, -0.05) is 26.2 Å². The molecule has 3 heteroatoms. The van der Waals surface area contributed by atoms with Crippen LogP contribution >= 0.6 is 0 Å². The summed E-state index contributed by atoms with van der Waals surface area (Å²) in [6.07, 6.45) is 11.0. The van der Waals surface area contributed by atoms with Crippen LogP contribution in [-0.4, -0.2) is 29.4 Å². The Morgan fingerprint density at radius 3 is 2.50 bits per heavy atom. The molecule has 1 saturated carbocycles. The largest absolute Gasteiger partial charge is 0.339 e. The molecule has 1 heterocycles. The van der Waals surface area contributed by atoms with E-state index in [1.807, 2.05) is 6.92 Å². The highest BCUT2D eigenvalue weighted by atomic mass is 16.2. The van der Waals surface area contributed by atoms with E-state index < -0.39 is 0 Å². The number of hydrogen-bond donors (Lipinski definition) is 1. The van der Waals surface area contributed by atoms with E-state index in [1.165, 1.54) is 38.5 Å². The summed E-state index contributed by atoms with van der Waals surface area (Å²) in [5.74, 6) is 1.37. The minimum absolute atomic E-state index is 0.177. The predicted octanol–water partition coefficient (Wildman–Crippen LogP) is 3.32. The molecule has 2 aliphatic rings. The molecular formula is C17H32N2O. The van der Waals surface area contributed by atoms with Gasteiger partial charge in [-0.2, -0.15) is 0 Å². The first kappa shape index (κ1) is 15.8. The van der Waals surface area contributed by atoms with E-state index in [9.17, 15) is 4.79 Å². The van der Waals surface area contributed by atoms with Gasteiger partial charge in [-0.15, -0.1) is 0 Å². The molecule has 1 saturated heterocycles. The van der Waals surface area contributed by atoms with Gasteiger partial charge in [0.05, 0.1) is 0 Å². The van der Waals surface area contributed by atoms with E-state index in [0.717, 1.165) is 31.7 Å². The number of carbonyl (C=O) groups is 1. The van der Waals surface area contributed by atoms with E-state index >= 15 is 0 Å². The fraction of sp³-hybridized carbons (Fsp3) is 0.941. The molecule has 1 aliphatic heterocycles. The van der Waals surface area contributed by atoms with Gasteiger partial charge in [-0.3, -0.25) is 4.79 Å². The van der Waals surface area contributed by atoms with Crippen LogP contribution in [0.5, 0.6) is 0 Å². The summed E-state index contributed by atoms with van der Waals surface area (Å²) in [5.41, 5.74) is 5.79. The van der Waals surface area contributed by atoms with E-state index in [0.29, 0.717) is 11.9 Å². The summed E-state index contributed by atoms with van der Waals surface area (Å²) in [7, 11) is 0. The number of likely N-dealkylation sites (tertiary alicyclic amines) is 1. The summed E-state index contributed by atoms with van der Waals surface area (Å²) in [6, 6.07) is 0.816. The molecule has 0 aromatic carbocycles. The second-order valence-corrected chi connectivity index (χ2v) is 7.09. The monoisotopic (exact) mass is 280 g/mol. The quantitative estimate of drug-likeness (QED) is 0.811. The zero-order valence-electron chi connectivity index (χ0n) is 13.3. The fourth-order valence-electron chi connectivity index (χ4n) is 4.05. The lowest BCUT2D eigenvalue weighted by molar-refractivity contribution is -0.137. The maximum atomic E-state index is 12.7. The first-order chi connectivity index (χ1) is 9.59. The third-order valence-electron chi connectivity index (χ3n) is 5.24. The molecule has 0 aromatic rings. The van der Waals surface area contributed by atoms with Crippen LogP contribution in [0.25, 0.3) is 0 Å². The lowest BCUT2D eigenvalue weighted by Crippen LogP contribution is -2.42. The molecule has 3 nitrogen and oxygen atoms in total. The second kappa shape index (κ2) is 7.44. The van der Waals surface area contributed by atoms with Crippen molar-refractivity contribution in [2.24, 2.45) is 17.6 Å². The Morgan fingerprint density at radius 2 is 1.85 bits per heavy atom. The number of amides is 1. The third-order valence-corrected chi connectivity index (χ3v) is 5.24. The van der Waals surface area contributed by atoms with E-state index in [2.05, 4.69) is 11.8 Å². The highest BCUT2D eigenvalue weighted by molar-refractivity contribution is 5.79. The number of carbonyl (C=O) groups excluding carboxylic acids is 1. The normalized spacial score (nSPS) is 26.9. The number of nitrogens with two attached hydrogens (primary N) is 1. The smallest absolute Gasteiger partial charge is 0.225 e. The Kier molecular flexibility index (Phi) is 5.88. The molecule has 2 fully saturated rings. The molecule has 0 radical (unpaired) electrons. The minimum atomic E-state index is 0.177. The van der Waals surface area contributed by atoms with Gasteiger partial charge < -0.3 is 10.6 Å². The van der Waals surface area contributed by atoms with Crippen molar-refractivity contribution in [3.05, 3.63) is 0 Å². The molecule has 116 valence electrons. The molecule has 2 rings (SSSR count). The standard InChI is InChI=1S/C17H32N2O/c1-13(7-5-8-14(2)18)17(20)19-12-6-11-16(19)15-9-3-4-10-15/h13-16H,3-12,18H2,1-2H3. The third kappa shape index (κ3) is 3.97. The lowest BCUT2D eigenvalue weighted by Gasteiger charge is -2.31. The maximum Gasteiger partial charge on any atom is 0.225 e. The summed E-state index contributed by atoms with van der Waals surface area (Å²) in [6.45, 7) is 5.15. The maximum absolute atomic E-state index is 12.7. The Labute approximate surface area is 124 Å². The van der Waals surface area contributed by atoms with Crippen molar-refractivity contribution in [1.82, 2.24) is 4.90 Å². The fourth-order valence-corrected chi connectivity index (χ4v) is 4.05. The van der Waals surface area contributed by atoms with Crippen LogP contribution in [0.3, 0.4) is 0 Å². The molecule has 1 amide bonds. The van der Waals surface area contributed by atoms with E-state index in [1.54, 1.807) is 0 Å². The molecular weight excluding hydrogens is 248 g/mol. The Hall–Kier alpha value is -0.570. The van der Waals surface area contributed by atoms with Crippen molar-refractivity contribution in [3.63, 3.8) is 0 Å². The molecule has 1 aliphatic carbocycles. The van der Waals surface area contributed by atoms with Gasteiger partial charge in [0.2, 0.25) is 5.91 Å². The predicted molar refractivity (Wildman–Crippen MR) is 83.4 cm³/mol. The van der Waals surface area contributed by atoms with Crippen molar-refractivity contribution in [2.45, 2.75) is 83.7 Å². The average Bonchev–Trinajstić information content (AvgIpc) is 3.07. The van der Waals surface area contributed by atoms with Crippen molar-refractivity contribution >= 4 is 5.91 Å². The lowest BCUT2D eigenvalue weighted by atomic mass is 9.94. The van der Waals surface area contributed by atoms with Crippen LogP contribution in [0.4, 0.5) is 0 Å². The average molecular weight is 280 g/mol. The zero-order valence-corrected chi connectivity index (χ0v) is 13.3. The van der Waals surface area contributed by atoms with Crippen LogP contribution in [0.2, 0.25) is 0 Å². The summed E-state index contributed by atoms with van der Waals surface area (Å²) >= 11 is 0. The number of rotatable bonds is 6. The highest BCUT2D eigenvalue weighted by Gasteiger charge is 2.36. The Bertz CT molecular complexity index is 310. The molecule has 2 N–H and O–H groups in total. The van der Waals surface area contributed by atoms with Gasteiger partial charge in [-0.05, 0) is 51.4 Å². The number of nitrogens with zero attached hydrogens (tertiary/aromatic N) is 1. The van der Waals surface area contributed by atoms with Crippen molar-refractivity contribution < 1.29 is 4.79 Å². The van der Waals surface area contributed by atoms with Gasteiger partial charge in [0.1, 0.15) is 0 Å². The van der Waals surface area contributed by atoms with Crippen LogP contribution < -0.4 is 5.73 Å². The zero-order chi connectivity index (χ0) is 14.5. The topological polar surface area (TPSA) is 46.3 Å². The van der Waals surface area contributed by atoms with Gasteiger partial charge in [0, 0.05) is 24.5 Å². The first-order valence-corrected chi connectivity index (χ1v) is 8.65. The summed E-state index contributed by atoms with van der Waals surface area (Å²) < 4.78 is 0. The van der Waals surface area contributed by atoms with Crippen LogP contribution in [0.1, 0.15) is 71.6 Å². The van der Waals surface area contributed by atoms with Gasteiger partial charge in [0.15, 0.2) is 0 Å².